The number of hydrogen-bond donors (Lipinski definition) is 1. The molecule has 5 rings (SSSR count). The lowest BCUT2D eigenvalue weighted by atomic mass is 10.0. The number of fused-ring (bicyclic) bond motifs is 1. The molecule has 0 saturated heterocycles. The van der Waals surface area contributed by atoms with Gasteiger partial charge in [0.05, 0.1) is 6.54 Å². The monoisotopic (exact) mass is 451 g/mol. The Balaban J connectivity index is 1.22. The summed E-state index contributed by atoms with van der Waals surface area (Å²) in [7, 11) is 0. The third kappa shape index (κ3) is 4.59. The Morgan fingerprint density at radius 2 is 1.76 bits per heavy atom. The van der Waals surface area contributed by atoms with Gasteiger partial charge >= 0.3 is 5.63 Å². The van der Waals surface area contributed by atoms with Crippen LogP contribution < -0.4 is 10.9 Å². The molecule has 0 spiro atoms. The van der Waals surface area contributed by atoms with Crippen LogP contribution in [-0.4, -0.2) is 20.2 Å². The van der Waals surface area contributed by atoms with Gasteiger partial charge in [-0.3, -0.25) is 0 Å². The minimum absolute atomic E-state index is 0.328. The van der Waals surface area contributed by atoms with E-state index in [9.17, 15) is 4.79 Å². The van der Waals surface area contributed by atoms with E-state index in [0.717, 1.165) is 39.7 Å². The van der Waals surface area contributed by atoms with Gasteiger partial charge in [-0.1, -0.05) is 54.6 Å². The number of benzene rings is 3. The standard InChI is InChI=1S/C27H25N5O2/c1-18-8-13-24-22(16-25(33)34-26(24)19(18)2)17-28-23-11-9-20(10-12-23)14-15-32-30-27(29-31-32)21-6-4-3-5-7-21/h3-13,16,28H,14-15,17H2,1-2H3. The molecule has 7 nitrogen and oxygen atoms in total. The molecule has 0 bridgehead atoms. The van der Waals surface area contributed by atoms with E-state index < -0.39 is 0 Å². The van der Waals surface area contributed by atoms with E-state index in [1.807, 2.05) is 62.4 Å². The first-order chi connectivity index (χ1) is 16.6. The summed E-state index contributed by atoms with van der Waals surface area (Å²) in [5.74, 6) is 0.632. The Kier molecular flexibility index (Phi) is 5.91. The fourth-order valence-corrected chi connectivity index (χ4v) is 3.93. The summed E-state index contributed by atoms with van der Waals surface area (Å²) in [6.07, 6.45) is 0.799. The third-order valence-electron chi connectivity index (χ3n) is 6.04. The summed E-state index contributed by atoms with van der Waals surface area (Å²) in [4.78, 5) is 13.7. The smallest absolute Gasteiger partial charge is 0.336 e. The lowest BCUT2D eigenvalue weighted by Gasteiger charge is -2.11. The van der Waals surface area contributed by atoms with E-state index >= 15 is 0 Å². The van der Waals surface area contributed by atoms with Crippen molar-refractivity contribution in [2.75, 3.05) is 5.32 Å². The molecule has 170 valence electrons. The predicted octanol–water partition coefficient (Wildman–Crippen LogP) is 4.92. The Labute approximate surface area is 197 Å². The van der Waals surface area contributed by atoms with Crippen molar-refractivity contribution in [2.45, 2.75) is 33.4 Å². The molecular weight excluding hydrogens is 426 g/mol. The largest absolute Gasteiger partial charge is 0.422 e. The Hall–Kier alpha value is -4.26. The number of nitrogens with zero attached hydrogens (tertiary/aromatic N) is 4. The van der Waals surface area contributed by atoms with Crippen LogP contribution in [0.15, 0.2) is 82.0 Å². The van der Waals surface area contributed by atoms with Crippen LogP contribution in [0, 0.1) is 13.8 Å². The van der Waals surface area contributed by atoms with Gasteiger partial charge in [-0.2, -0.15) is 4.80 Å². The number of hydrogen-bond acceptors (Lipinski definition) is 6. The zero-order valence-electron chi connectivity index (χ0n) is 19.2. The minimum Gasteiger partial charge on any atom is -0.422 e. The van der Waals surface area contributed by atoms with Gasteiger partial charge in [0, 0.05) is 29.2 Å². The Bertz CT molecular complexity index is 1490. The van der Waals surface area contributed by atoms with Gasteiger partial charge in [0.15, 0.2) is 0 Å². The highest BCUT2D eigenvalue weighted by Gasteiger charge is 2.10. The zero-order valence-corrected chi connectivity index (χ0v) is 19.2. The molecule has 0 saturated carbocycles. The van der Waals surface area contributed by atoms with E-state index in [1.165, 1.54) is 5.56 Å². The van der Waals surface area contributed by atoms with Crippen molar-refractivity contribution in [2.24, 2.45) is 0 Å². The number of aromatic nitrogens is 4. The first-order valence-electron chi connectivity index (χ1n) is 11.3. The highest BCUT2D eigenvalue weighted by atomic mass is 16.4. The highest BCUT2D eigenvalue weighted by Crippen LogP contribution is 2.24. The van der Waals surface area contributed by atoms with Crippen molar-refractivity contribution in [1.29, 1.82) is 0 Å². The molecule has 3 aromatic carbocycles. The Morgan fingerprint density at radius 3 is 2.56 bits per heavy atom. The van der Waals surface area contributed by atoms with Gasteiger partial charge in [-0.15, -0.1) is 10.2 Å². The summed E-state index contributed by atoms with van der Waals surface area (Å²) < 4.78 is 5.47. The van der Waals surface area contributed by atoms with Crippen LogP contribution in [0.2, 0.25) is 0 Å². The maximum absolute atomic E-state index is 12.1. The minimum atomic E-state index is -0.328. The van der Waals surface area contributed by atoms with Crippen LogP contribution >= 0.6 is 0 Å². The molecule has 0 atom stereocenters. The van der Waals surface area contributed by atoms with Gasteiger partial charge in [-0.05, 0) is 59.9 Å². The van der Waals surface area contributed by atoms with E-state index in [1.54, 1.807) is 10.9 Å². The van der Waals surface area contributed by atoms with Crippen molar-refractivity contribution < 1.29 is 4.42 Å². The van der Waals surface area contributed by atoms with Crippen LogP contribution in [0.4, 0.5) is 5.69 Å². The van der Waals surface area contributed by atoms with Gasteiger partial charge in [0.25, 0.3) is 0 Å². The van der Waals surface area contributed by atoms with E-state index in [2.05, 4.69) is 38.9 Å². The van der Waals surface area contributed by atoms with Crippen LogP contribution in [-0.2, 0) is 19.5 Å². The molecule has 0 aliphatic rings. The molecule has 7 heteroatoms. The lowest BCUT2D eigenvalue weighted by molar-refractivity contribution is 0.523. The van der Waals surface area contributed by atoms with Gasteiger partial charge in [0.2, 0.25) is 5.82 Å². The highest BCUT2D eigenvalue weighted by molar-refractivity contribution is 5.84. The predicted molar refractivity (Wildman–Crippen MR) is 133 cm³/mol. The van der Waals surface area contributed by atoms with Gasteiger partial charge in [-0.25, -0.2) is 4.79 Å². The number of rotatable bonds is 7. The summed E-state index contributed by atoms with van der Waals surface area (Å²) in [6, 6.07) is 23.7. The number of nitrogens with one attached hydrogen (secondary N) is 1. The summed E-state index contributed by atoms with van der Waals surface area (Å²) >= 11 is 0. The van der Waals surface area contributed by atoms with Crippen LogP contribution in [0.1, 0.15) is 22.3 Å². The van der Waals surface area contributed by atoms with Gasteiger partial charge < -0.3 is 9.73 Å². The average molecular weight is 452 g/mol. The molecular formula is C27H25N5O2. The summed E-state index contributed by atoms with van der Waals surface area (Å²) in [5, 5.41) is 17.2. The van der Waals surface area contributed by atoms with Gasteiger partial charge in [0.1, 0.15) is 5.58 Å². The van der Waals surface area contributed by atoms with Crippen molar-refractivity contribution in [3.8, 4) is 11.4 Å². The molecule has 1 N–H and O–H groups in total. The lowest BCUT2D eigenvalue weighted by Crippen LogP contribution is -2.07. The normalized spacial score (nSPS) is 11.1. The fraction of sp³-hybridized carbons (Fsp3) is 0.185. The quantitative estimate of drug-likeness (QED) is 0.354. The van der Waals surface area contributed by atoms with E-state index in [0.29, 0.717) is 24.5 Å². The maximum Gasteiger partial charge on any atom is 0.336 e. The van der Waals surface area contributed by atoms with Crippen LogP contribution in [0.3, 0.4) is 0 Å². The molecule has 0 aliphatic heterocycles. The summed E-state index contributed by atoms with van der Waals surface area (Å²) in [6.45, 7) is 5.18. The number of aryl methyl sites for hydroxylation is 4. The van der Waals surface area contributed by atoms with Crippen LogP contribution in [0.5, 0.6) is 0 Å². The van der Waals surface area contributed by atoms with Crippen molar-refractivity contribution in [1.82, 2.24) is 20.2 Å². The SMILES string of the molecule is Cc1ccc2c(CNc3ccc(CCn4nnc(-c5ccccc5)n4)cc3)cc(=O)oc2c1C. The first kappa shape index (κ1) is 21.6. The van der Waals surface area contributed by atoms with Crippen molar-refractivity contribution >= 4 is 16.7 Å². The fourth-order valence-electron chi connectivity index (χ4n) is 3.93. The second-order valence-electron chi connectivity index (χ2n) is 8.35. The summed E-state index contributed by atoms with van der Waals surface area (Å²) in [5.41, 5.74) is 6.48. The molecule has 5 aromatic rings. The van der Waals surface area contributed by atoms with Crippen LogP contribution in [0.25, 0.3) is 22.4 Å². The van der Waals surface area contributed by atoms with E-state index in [-0.39, 0.29) is 5.63 Å². The molecule has 0 amide bonds. The average Bonchev–Trinajstić information content (AvgIpc) is 3.34. The van der Waals surface area contributed by atoms with Crippen molar-refractivity contribution in [3.05, 3.63) is 105 Å². The molecule has 0 fully saturated rings. The topological polar surface area (TPSA) is 85.8 Å². The maximum atomic E-state index is 12.1. The molecule has 0 radical (unpaired) electrons. The number of anilines is 1. The zero-order chi connectivity index (χ0) is 23.5. The third-order valence-corrected chi connectivity index (χ3v) is 6.04. The molecule has 34 heavy (non-hydrogen) atoms. The second kappa shape index (κ2) is 9.31. The first-order valence-corrected chi connectivity index (χ1v) is 11.3. The molecule has 2 aromatic heterocycles. The molecule has 0 aliphatic carbocycles. The molecule has 0 unspecified atom stereocenters. The van der Waals surface area contributed by atoms with Crippen molar-refractivity contribution in [3.63, 3.8) is 0 Å². The Morgan fingerprint density at radius 1 is 0.971 bits per heavy atom. The molecule has 2 heterocycles. The number of tetrazole rings is 1. The second-order valence-corrected chi connectivity index (χ2v) is 8.35. The van der Waals surface area contributed by atoms with E-state index in [4.69, 9.17) is 4.42 Å².